The van der Waals surface area contributed by atoms with Gasteiger partial charge in [-0.25, -0.2) is 0 Å². The van der Waals surface area contributed by atoms with Gasteiger partial charge in [0.15, 0.2) is 0 Å². The fraction of sp³-hybridized carbons (Fsp3) is 0.704. The summed E-state index contributed by atoms with van der Waals surface area (Å²) in [5, 5.41) is 3.24. The molecule has 1 aromatic rings. The highest BCUT2D eigenvalue weighted by Gasteiger charge is 2.62. The number of amides is 2. The Morgan fingerprint density at radius 3 is 2.58 bits per heavy atom. The molecule has 4 heteroatoms. The number of nitrogens with one attached hydrogen (secondary N) is 1. The van der Waals surface area contributed by atoms with Crippen molar-refractivity contribution in [2.75, 3.05) is 12.4 Å². The SMILES string of the molecule is Cc1cccc(NC(=O)[C@H]2CC[C@H]3[C@@H]4CC[C@H]5N(C)C(=O)CC[C@]5(C)[C@H]4CC[C@]23C)c1. The van der Waals surface area contributed by atoms with E-state index in [1.807, 2.05) is 19.2 Å². The second-order valence-corrected chi connectivity index (χ2v) is 11.5. The van der Waals surface area contributed by atoms with E-state index in [0.29, 0.717) is 36.1 Å². The summed E-state index contributed by atoms with van der Waals surface area (Å²) in [6.45, 7) is 6.94. The van der Waals surface area contributed by atoms with Crippen LogP contribution in [0.1, 0.15) is 70.8 Å². The first-order valence-electron chi connectivity index (χ1n) is 12.4. The van der Waals surface area contributed by atoms with Crippen LogP contribution < -0.4 is 5.32 Å². The average Bonchev–Trinajstić information content (AvgIpc) is 3.08. The summed E-state index contributed by atoms with van der Waals surface area (Å²) in [6.07, 6.45) is 8.64. The standard InChI is InChI=1S/C27H38N2O2/c1-17-6-5-7-18(16-17)28-25(31)22-10-9-20-19-8-11-23-27(3,15-13-24(30)29(23)4)21(19)12-14-26(20,22)2/h5-7,16,19-23H,8-15H2,1-4H3,(H,28,31)/t19-,20-,21-,22+,23+,26-,27+/m0/s1. The molecule has 0 spiro atoms. The molecule has 0 aromatic heterocycles. The Hall–Kier alpha value is -1.84. The Labute approximate surface area is 187 Å². The highest BCUT2D eigenvalue weighted by Crippen LogP contribution is 2.66. The van der Waals surface area contributed by atoms with Crippen LogP contribution in [0, 0.1) is 41.4 Å². The zero-order valence-corrected chi connectivity index (χ0v) is 19.6. The molecule has 31 heavy (non-hydrogen) atoms. The van der Waals surface area contributed by atoms with E-state index < -0.39 is 0 Å². The third kappa shape index (κ3) is 3.15. The van der Waals surface area contributed by atoms with Gasteiger partial charge >= 0.3 is 0 Å². The molecule has 3 aliphatic carbocycles. The zero-order valence-electron chi connectivity index (χ0n) is 19.6. The minimum atomic E-state index is 0.106. The lowest BCUT2D eigenvalue weighted by Crippen LogP contribution is -2.61. The van der Waals surface area contributed by atoms with E-state index in [1.165, 1.54) is 24.8 Å². The number of nitrogens with zero attached hydrogens (tertiary/aromatic N) is 1. The number of carbonyl (C=O) groups is 2. The van der Waals surface area contributed by atoms with Crippen molar-refractivity contribution in [3.63, 3.8) is 0 Å². The molecule has 0 radical (unpaired) electrons. The molecule has 1 aliphatic heterocycles. The third-order valence-electron chi connectivity index (χ3n) is 10.2. The first-order chi connectivity index (χ1) is 14.7. The average molecular weight is 423 g/mol. The second kappa shape index (κ2) is 7.35. The maximum atomic E-state index is 13.4. The van der Waals surface area contributed by atoms with E-state index in [1.54, 1.807) is 0 Å². The van der Waals surface area contributed by atoms with Crippen LogP contribution in [-0.4, -0.2) is 29.8 Å². The van der Waals surface area contributed by atoms with Crippen LogP contribution in [-0.2, 0) is 9.59 Å². The van der Waals surface area contributed by atoms with Crippen molar-refractivity contribution in [3.05, 3.63) is 29.8 Å². The summed E-state index contributed by atoms with van der Waals surface area (Å²) < 4.78 is 0. The monoisotopic (exact) mass is 422 g/mol. The van der Waals surface area contributed by atoms with Gasteiger partial charge in [0.1, 0.15) is 0 Å². The largest absolute Gasteiger partial charge is 0.342 e. The number of aryl methyl sites for hydroxylation is 1. The van der Waals surface area contributed by atoms with E-state index in [0.717, 1.165) is 31.4 Å². The molecule has 3 saturated carbocycles. The summed E-state index contributed by atoms with van der Waals surface area (Å²) in [7, 11) is 2.03. The number of anilines is 1. The van der Waals surface area contributed by atoms with Gasteiger partial charge in [-0.2, -0.15) is 0 Å². The number of carbonyl (C=O) groups excluding carboxylic acids is 2. The Balaban J connectivity index is 1.36. The van der Waals surface area contributed by atoms with E-state index in [-0.39, 0.29) is 22.7 Å². The lowest BCUT2D eigenvalue weighted by atomic mass is 9.47. The quantitative estimate of drug-likeness (QED) is 0.692. The fourth-order valence-electron chi connectivity index (χ4n) is 8.53. The Bertz CT molecular complexity index is 897. The number of piperidine rings is 1. The number of benzene rings is 1. The number of rotatable bonds is 2. The first-order valence-corrected chi connectivity index (χ1v) is 12.4. The normalized spacial score (nSPS) is 41.9. The van der Waals surface area contributed by atoms with Crippen LogP contribution in [0.3, 0.4) is 0 Å². The summed E-state index contributed by atoms with van der Waals surface area (Å²) in [4.78, 5) is 27.8. The summed E-state index contributed by atoms with van der Waals surface area (Å²) in [6, 6.07) is 8.55. The summed E-state index contributed by atoms with van der Waals surface area (Å²) in [5.74, 6) is 2.70. The lowest BCUT2D eigenvalue weighted by Gasteiger charge is -2.61. The summed E-state index contributed by atoms with van der Waals surface area (Å²) in [5.41, 5.74) is 2.45. The zero-order chi connectivity index (χ0) is 22.0. The lowest BCUT2D eigenvalue weighted by molar-refractivity contribution is -0.159. The van der Waals surface area contributed by atoms with Crippen LogP contribution in [0.25, 0.3) is 0 Å². The van der Waals surface area contributed by atoms with Gasteiger partial charge in [-0.15, -0.1) is 0 Å². The first kappa shape index (κ1) is 21.0. The predicted octanol–water partition coefficient (Wildman–Crippen LogP) is 5.41. The molecule has 4 fully saturated rings. The topological polar surface area (TPSA) is 49.4 Å². The molecule has 7 atom stereocenters. The van der Waals surface area contributed by atoms with Gasteiger partial charge in [0.2, 0.25) is 11.8 Å². The third-order valence-corrected chi connectivity index (χ3v) is 10.2. The molecule has 4 nitrogen and oxygen atoms in total. The molecule has 5 rings (SSSR count). The van der Waals surface area contributed by atoms with Gasteiger partial charge in [-0.3, -0.25) is 9.59 Å². The van der Waals surface area contributed by atoms with Crippen molar-refractivity contribution in [1.29, 1.82) is 0 Å². The highest BCUT2D eigenvalue weighted by molar-refractivity contribution is 5.93. The Morgan fingerprint density at radius 1 is 1.03 bits per heavy atom. The number of hydrogen-bond donors (Lipinski definition) is 1. The van der Waals surface area contributed by atoms with Crippen LogP contribution >= 0.6 is 0 Å². The number of fused-ring (bicyclic) bond motifs is 5. The molecule has 0 bridgehead atoms. The van der Waals surface area contributed by atoms with Crippen LogP contribution in [0.2, 0.25) is 0 Å². The molecule has 1 saturated heterocycles. The van der Waals surface area contributed by atoms with E-state index >= 15 is 0 Å². The highest BCUT2D eigenvalue weighted by atomic mass is 16.2. The van der Waals surface area contributed by atoms with Crippen molar-refractivity contribution in [2.24, 2.45) is 34.5 Å². The fourth-order valence-corrected chi connectivity index (χ4v) is 8.53. The minimum Gasteiger partial charge on any atom is -0.342 e. The van der Waals surface area contributed by atoms with Crippen LogP contribution in [0.15, 0.2) is 24.3 Å². The van der Waals surface area contributed by atoms with Crippen molar-refractivity contribution in [1.82, 2.24) is 4.90 Å². The molecule has 168 valence electrons. The van der Waals surface area contributed by atoms with E-state index in [2.05, 4.69) is 43.1 Å². The van der Waals surface area contributed by atoms with Gasteiger partial charge < -0.3 is 10.2 Å². The van der Waals surface area contributed by atoms with Gasteiger partial charge in [0.25, 0.3) is 0 Å². The second-order valence-electron chi connectivity index (χ2n) is 11.5. The Kier molecular flexibility index (Phi) is 4.99. The van der Waals surface area contributed by atoms with Gasteiger partial charge in [-0.05, 0) is 98.1 Å². The van der Waals surface area contributed by atoms with Gasteiger partial charge in [0, 0.05) is 31.1 Å². The van der Waals surface area contributed by atoms with Crippen LogP contribution in [0.4, 0.5) is 5.69 Å². The molecule has 4 aliphatic rings. The van der Waals surface area contributed by atoms with Gasteiger partial charge in [0.05, 0.1) is 0 Å². The van der Waals surface area contributed by atoms with E-state index in [9.17, 15) is 9.59 Å². The van der Waals surface area contributed by atoms with Crippen molar-refractivity contribution in [3.8, 4) is 0 Å². The molecule has 1 heterocycles. The number of hydrogen-bond acceptors (Lipinski definition) is 2. The summed E-state index contributed by atoms with van der Waals surface area (Å²) >= 11 is 0. The molecular weight excluding hydrogens is 384 g/mol. The number of likely N-dealkylation sites (tertiary alicyclic amines) is 1. The van der Waals surface area contributed by atoms with Gasteiger partial charge in [-0.1, -0.05) is 26.0 Å². The molecule has 1 aromatic carbocycles. The molecular formula is C27H38N2O2. The maximum absolute atomic E-state index is 13.4. The molecule has 0 unspecified atom stereocenters. The Morgan fingerprint density at radius 2 is 1.81 bits per heavy atom. The van der Waals surface area contributed by atoms with Crippen molar-refractivity contribution >= 4 is 17.5 Å². The van der Waals surface area contributed by atoms with Crippen molar-refractivity contribution in [2.45, 2.75) is 78.2 Å². The van der Waals surface area contributed by atoms with E-state index in [4.69, 9.17) is 0 Å². The smallest absolute Gasteiger partial charge is 0.228 e. The molecule has 1 N–H and O–H groups in total. The minimum absolute atomic E-state index is 0.106. The molecule has 2 amide bonds. The van der Waals surface area contributed by atoms with Crippen molar-refractivity contribution < 1.29 is 9.59 Å². The van der Waals surface area contributed by atoms with Crippen LogP contribution in [0.5, 0.6) is 0 Å². The predicted molar refractivity (Wildman–Crippen MR) is 123 cm³/mol. The maximum Gasteiger partial charge on any atom is 0.228 e.